The Morgan fingerprint density at radius 2 is 1.75 bits per heavy atom. The summed E-state index contributed by atoms with van der Waals surface area (Å²) in [5.41, 5.74) is 7.29. The molecule has 0 aromatic heterocycles. The zero-order valence-corrected chi connectivity index (χ0v) is 10.7. The summed E-state index contributed by atoms with van der Waals surface area (Å²) >= 11 is 0. The molecule has 0 heterocycles. The van der Waals surface area contributed by atoms with Gasteiger partial charge < -0.3 is 11.1 Å². The number of hydrogen-bond donors (Lipinski definition) is 2. The molecule has 0 amide bonds. The Morgan fingerprint density at radius 1 is 1.19 bits per heavy atom. The van der Waals surface area contributed by atoms with Crippen molar-refractivity contribution in [1.29, 1.82) is 0 Å². The highest BCUT2D eigenvalue weighted by Crippen LogP contribution is 2.20. The van der Waals surface area contributed by atoms with E-state index in [2.05, 4.69) is 50.4 Å². The average molecular weight is 220 g/mol. The van der Waals surface area contributed by atoms with Crippen LogP contribution in [-0.2, 0) is 0 Å². The van der Waals surface area contributed by atoms with Gasteiger partial charge >= 0.3 is 0 Å². The second-order valence-corrected chi connectivity index (χ2v) is 4.47. The zero-order valence-electron chi connectivity index (χ0n) is 10.7. The predicted octanol–water partition coefficient (Wildman–Crippen LogP) is 2.85. The van der Waals surface area contributed by atoms with Crippen molar-refractivity contribution in [3.63, 3.8) is 0 Å². The summed E-state index contributed by atoms with van der Waals surface area (Å²) in [6, 6.07) is 10.9. The lowest BCUT2D eigenvalue weighted by atomic mass is 9.91. The van der Waals surface area contributed by atoms with E-state index in [0.29, 0.717) is 12.6 Å². The van der Waals surface area contributed by atoms with Gasteiger partial charge in [0.15, 0.2) is 0 Å². The first-order valence-corrected chi connectivity index (χ1v) is 6.20. The van der Waals surface area contributed by atoms with Crippen LogP contribution in [0.5, 0.6) is 0 Å². The Balaban J connectivity index is 2.73. The van der Waals surface area contributed by atoms with Gasteiger partial charge in [-0.2, -0.15) is 0 Å². The van der Waals surface area contributed by atoms with Crippen molar-refractivity contribution in [2.75, 3.05) is 6.54 Å². The number of nitrogens with two attached hydrogens (primary N) is 1. The Morgan fingerprint density at radius 3 is 2.19 bits per heavy atom. The van der Waals surface area contributed by atoms with E-state index in [1.807, 2.05) is 6.07 Å². The van der Waals surface area contributed by atoms with Crippen LogP contribution in [0.15, 0.2) is 30.3 Å². The highest BCUT2D eigenvalue weighted by Gasteiger charge is 2.25. The standard InChI is InChI=1S/C14H24N2/c1-4-14(5-2,11-15)16-12(3)13-9-7-6-8-10-13/h6-10,12,16H,4-5,11,15H2,1-3H3/t12-/m1/s1. The molecule has 0 aliphatic heterocycles. The molecule has 1 rings (SSSR count). The number of hydrogen-bond acceptors (Lipinski definition) is 2. The fourth-order valence-electron chi connectivity index (χ4n) is 2.09. The number of benzene rings is 1. The molecule has 3 N–H and O–H groups in total. The molecule has 0 saturated carbocycles. The van der Waals surface area contributed by atoms with Crippen LogP contribution in [-0.4, -0.2) is 12.1 Å². The molecule has 0 aliphatic rings. The molecule has 2 nitrogen and oxygen atoms in total. The Kier molecular flexibility index (Phi) is 4.97. The lowest BCUT2D eigenvalue weighted by Crippen LogP contribution is -2.51. The molecule has 1 atom stereocenters. The van der Waals surface area contributed by atoms with E-state index in [1.165, 1.54) is 5.56 Å². The van der Waals surface area contributed by atoms with Crippen molar-refractivity contribution in [2.24, 2.45) is 5.73 Å². The van der Waals surface area contributed by atoms with Gasteiger partial charge in [-0.15, -0.1) is 0 Å². The molecule has 1 aromatic rings. The van der Waals surface area contributed by atoms with Crippen LogP contribution in [0.3, 0.4) is 0 Å². The molecule has 90 valence electrons. The van der Waals surface area contributed by atoms with Gasteiger partial charge in [-0.05, 0) is 25.3 Å². The molecule has 0 unspecified atom stereocenters. The van der Waals surface area contributed by atoms with Crippen LogP contribution in [0.1, 0.15) is 45.2 Å². The molecule has 0 bridgehead atoms. The maximum atomic E-state index is 5.89. The third-order valence-electron chi connectivity index (χ3n) is 3.57. The zero-order chi connectivity index (χ0) is 12.0. The molecule has 0 saturated heterocycles. The summed E-state index contributed by atoms with van der Waals surface area (Å²) in [5.74, 6) is 0. The van der Waals surface area contributed by atoms with Gasteiger partial charge in [0.2, 0.25) is 0 Å². The first-order valence-electron chi connectivity index (χ1n) is 6.20. The van der Waals surface area contributed by atoms with Crippen LogP contribution in [0, 0.1) is 0 Å². The molecular formula is C14H24N2. The van der Waals surface area contributed by atoms with Gasteiger partial charge in [-0.25, -0.2) is 0 Å². The predicted molar refractivity (Wildman–Crippen MR) is 70.4 cm³/mol. The summed E-state index contributed by atoms with van der Waals surface area (Å²) in [5, 5.41) is 3.67. The van der Waals surface area contributed by atoms with E-state index in [0.717, 1.165) is 12.8 Å². The monoisotopic (exact) mass is 220 g/mol. The minimum absolute atomic E-state index is 0.0786. The Hall–Kier alpha value is -0.860. The van der Waals surface area contributed by atoms with Crippen LogP contribution < -0.4 is 11.1 Å². The van der Waals surface area contributed by atoms with E-state index >= 15 is 0 Å². The third kappa shape index (κ3) is 3.06. The summed E-state index contributed by atoms with van der Waals surface area (Å²) in [4.78, 5) is 0. The number of rotatable bonds is 6. The van der Waals surface area contributed by atoms with Crippen LogP contribution in [0.2, 0.25) is 0 Å². The van der Waals surface area contributed by atoms with E-state index in [1.54, 1.807) is 0 Å². The molecule has 2 heteroatoms. The van der Waals surface area contributed by atoms with Crippen molar-refractivity contribution in [1.82, 2.24) is 5.32 Å². The molecule has 0 radical (unpaired) electrons. The van der Waals surface area contributed by atoms with E-state index < -0.39 is 0 Å². The second-order valence-electron chi connectivity index (χ2n) is 4.47. The van der Waals surface area contributed by atoms with E-state index in [4.69, 9.17) is 5.73 Å². The first kappa shape index (κ1) is 13.2. The van der Waals surface area contributed by atoms with Gasteiger partial charge in [0.1, 0.15) is 0 Å². The fourth-order valence-corrected chi connectivity index (χ4v) is 2.09. The summed E-state index contributed by atoms with van der Waals surface area (Å²) < 4.78 is 0. The van der Waals surface area contributed by atoms with E-state index in [-0.39, 0.29) is 5.54 Å². The highest BCUT2D eigenvalue weighted by atomic mass is 15.0. The van der Waals surface area contributed by atoms with E-state index in [9.17, 15) is 0 Å². The minimum Gasteiger partial charge on any atom is -0.329 e. The summed E-state index contributed by atoms with van der Waals surface area (Å²) in [7, 11) is 0. The van der Waals surface area contributed by atoms with Crippen LogP contribution in [0.25, 0.3) is 0 Å². The summed E-state index contributed by atoms with van der Waals surface area (Å²) in [6.07, 6.45) is 2.13. The maximum Gasteiger partial charge on any atom is 0.0304 e. The van der Waals surface area contributed by atoms with Crippen molar-refractivity contribution >= 4 is 0 Å². The Bertz CT molecular complexity index is 283. The molecular weight excluding hydrogens is 196 g/mol. The average Bonchev–Trinajstić information content (AvgIpc) is 2.37. The van der Waals surface area contributed by atoms with Crippen molar-refractivity contribution in [3.8, 4) is 0 Å². The van der Waals surface area contributed by atoms with Gasteiger partial charge in [-0.3, -0.25) is 0 Å². The number of nitrogens with one attached hydrogen (secondary N) is 1. The molecule has 1 aromatic carbocycles. The lowest BCUT2D eigenvalue weighted by Gasteiger charge is -2.35. The SMILES string of the molecule is CCC(CC)(CN)N[C@H](C)c1ccccc1. The van der Waals surface area contributed by atoms with Crippen molar-refractivity contribution in [3.05, 3.63) is 35.9 Å². The molecule has 0 fully saturated rings. The quantitative estimate of drug-likeness (QED) is 0.773. The normalized spacial score (nSPS) is 13.8. The van der Waals surface area contributed by atoms with Gasteiger partial charge in [0.25, 0.3) is 0 Å². The van der Waals surface area contributed by atoms with Crippen molar-refractivity contribution in [2.45, 2.75) is 45.2 Å². The largest absolute Gasteiger partial charge is 0.329 e. The third-order valence-corrected chi connectivity index (χ3v) is 3.57. The second kappa shape index (κ2) is 6.02. The fraction of sp³-hybridized carbons (Fsp3) is 0.571. The Labute approximate surface area is 99.2 Å². The van der Waals surface area contributed by atoms with Gasteiger partial charge in [-0.1, -0.05) is 44.2 Å². The van der Waals surface area contributed by atoms with Crippen molar-refractivity contribution < 1.29 is 0 Å². The maximum absolute atomic E-state index is 5.89. The first-order chi connectivity index (χ1) is 7.67. The van der Waals surface area contributed by atoms with Crippen LogP contribution >= 0.6 is 0 Å². The topological polar surface area (TPSA) is 38.0 Å². The molecule has 0 spiro atoms. The smallest absolute Gasteiger partial charge is 0.0304 e. The summed E-state index contributed by atoms with van der Waals surface area (Å²) in [6.45, 7) is 7.28. The van der Waals surface area contributed by atoms with Crippen LogP contribution in [0.4, 0.5) is 0 Å². The molecule has 16 heavy (non-hydrogen) atoms. The van der Waals surface area contributed by atoms with Gasteiger partial charge in [0, 0.05) is 18.1 Å². The highest BCUT2D eigenvalue weighted by molar-refractivity contribution is 5.18. The lowest BCUT2D eigenvalue weighted by molar-refractivity contribution is 0.280. The van der Waals surface area contributed by atoms with Gasteiger partial charge in [0.05, 0.1) is 0 Å². The molecule has 0 aliphatic carbocycles. The minimum atomic E-state index is 0.0786.